The average molecular weight is 450 g/mol. The van der Waals surface area contributed by atoms with Gasteiger partial charge in [-0.25, -0.2) is 0 Å². The molecule has 0 N–H and O–H groups in total. The molecule has 2 aromatic rings. The monoisotopic (exact) mass is 450 g/mol. The molecule has 2 aromatic carbocycles. The van der Waals surface area contributed by atoms with Crippen LogP contribution in [0.5, 0.6) is 0 Å². The molecule has 25 heavy (non-hydrogen) atoms. The van der Waals surface area contributed by atoms with Crippen LogP contribution in [-0.4, -0.2) is 39.2 Å². The molecule has 0 bridgehead atoms. The van der Waals surface area contributed by atoms with Crippen LogP contribution in [0.3, 0.4) is 0 Å². The molecule has 0 aliphatic carbocycles. The summed E-state index contributed by atoms with van der Waals surface area (Å²) < 4.78 is 2.15. The molecular formula is C21H34SeSi3. The van der Waals surface area contributed by atoms with Crippen LogP contribution >= 0.6 is 0 Å². The Balaban J connectivity index is 2.75. The fraction of sp³-hybridized carbons (Fsp3) is 0.429. The van der Waals surface area contributed by atoms with Gasteiger partial charge >= 0.3 is 165 Å². The standard InChI is InChI=1S/C21H34SeSi3/c1-23(2,3)21(24(4,5)6,22-19-15-11-9-12-16-19)25(7,8)20-17-13-10-14-18-20/h9-18H,1-8H3. The minimum absolute atomic E-state index is 0.523. The molecule has 0 aliphatic heterocycles. The van der Waals surface area contributed by atoms with Gasteiger partial charge in [-0.3, -0.25) is 0 Å². The van der Waals surface area contributed by atoms with Crippen LogP contribution in [0.2, 0.25) is 55.6 Å². The molecular weight excluding hydrogens is 415 g/mol. The second-order valence-electron chi connectivity index (χ2n) is 9.59. The van der Waals surface area contributed by atoms with Crippen molar-refractivity contribution in [3.8, 4) is 0 Å². The normalized spacial score (nSPS) is 13.8. The summed E-state index contributed by atoms with van der Waals surface area (Å²) in [6.07, 6.45) is 0. The predicted octanol–water partition coefficient (Wildman–Crippen LogP) is 5.08. The molecule has 0 saturated heterocycles. The maximum absolute atomic E-state index is 2.67. The molecule has 0 aromatic heterocycles. The zero-order chi connectivity index (χ0) is 18.9. The van der Waals surface area contributed by atoms with Crippen molar-refractivity contribution in [3.63, 3.8) is 0 Å². The van der Waals surface area contributed by atoms with Gasteiger partial charge in [-0.2, -0.15) is 0 Å². The van der Waals surface area contributed by atoms with Crippen molar-refractivity contribution < 1.29 is 0 Å². The topological polar surface area (TPSA) is 0 Å². The van der Waals surface area contributed by atoms with Crippen LogP contribution < -0.4 is 9.65 Å². The summed E-state index contributed by atoms with van der Waals surface area (Å²) in [6, 6.07) is 22.9. The van der Waals surface area contributed by atoms with Crippen molar-refractivity contribution in [2.45, 2.75) is 55.6 Å². The van der Waals surface area contributed by atoms with Gasteiger partial charge in [0, 0.05) is 0 Å². The van der Waals surface area contributed by atoms with Crippen molar-refractivity contribution in [1.82, 2.24) is 0 Å². The Bertz CT molecular complexity index is 669. The molecule has 4 heteroatoms. The van der Waals surface area contributed by atoms with Gasteiger partial charge < -0.3 is 0 Å². The molecule has 0 amide bonds. The SMILES string of the molecule is C[Si](C)(C)C([Se]c1ccccc1)([Si](C)(C)C)[Si](C)(C)c1ccccc1. The second kappa shape index (κ2) is 7.32. The van der Waals surface area contributed by atoms with Gasteiger partial charge in [-0.1, -0.05) is 0 Å². The van der Waals surface area contributed by atoms with Gasteiger partial charge in [0.05, 0.1) is 0 Å². The molecule has 2 rings (SSSR count). The molecule has 0 spiro atoms. The third-order valence-electron chi connectivity index (χ3n) is 5.50. The van der Waals surface area contributed by atoms with Crippen LogP contribution in [0.25, 0.3) is 0 Å². The predicted molar refractivity (Wildman–Crippen MR) is 125 cm³/mol. The number of hydrogen-bond donors (Lipinski definition) is 0. The van der Waals surface area contributed by atoms with Gasteiger partial charge in [0.1, 0.15) is 0 Å². The van der Waals surface area contributed by atoms with Crippen LogP contribution in [0, 0.1) is 0 Å². The summed E-state index contributed by atoms with van der Waals surface area (Å²) in [5.74, 6) is 0. The fourth-order valence-corrected chi connectivity index (χ4v) is 41.7. The van der Waals surface area contributed by atoms with Gasteiger partial charge in [-0.15, -0.1) is 0 Å². The quantitative estimate of drug-likeness (QED) is 0.539. The average Bonchev–Trinajstić information content (AvgIpc) is 2.52. The van der Waals surface area contributed by atoms with Crippen molar-refractivity contribution in [3.05, 3.63) is 60.7 Å². The van der Waals surface area contributed by atoms with E-state index in [2.05, 4.69) is 113 Å². The molecule has 136 valence electrons. The third-order valence-corrected chi connectivity index (χ3v) is 40.2. The third kappa shape index (κ3) is 3.84. The molecule has 0 saturated carbocycles. The first-order valence-corrected chi connectivity index (χ1v) is 20.9. The molecule has 0 heterocycles. The van der Waals surface area contributed by atoms with Crippen molar-refractivity contribution in [2.24, 2.45) is 0 Å². The van der Waals surface area contributed by atoms with Crippen molar-refractivity contribution in [2.75, 3.05) is 0 Å². The zero-order valence-electron chi connectivity index (χ0n) is 17.2. The number of hydrogen-bond acceptors (Lipinski definition) is 0. The van der Waals surface area contributed by atoms with Crippen LogP contribution in [0.1, 0.15) is 0 Å². The maximum atomic E-state index is 2.67. The molecule has 0 atom stereocenters. The van der Waals surface area contributed by atoms with Gasteiger partial charge in [0.25, 0.3) is 0 Å². The Morgan fingerprint density at radius 2 is 1.00 bits per heavy atom. The number of benzene rings is 2. The van der Waals surface area contributed by atoms with E-state index in [1.807, 2.05) is 0 Å². The zero-order valence-corrected chi connectivity index (χ0v) is 21.9. The van der Waals surface area contributed by atoms with E-state index in [9.17, 15) is 0 Å². The molecule has 0 aliphatic rings. The van der Waals surface area contributed by atoms with Crippen molar-refractivity contribution >= 4 is 48.8 Å². The van der Waals surface area contributed by atoms with Gasteiger partial charge in [-0.05, 0) is 0 Å². The fourth-order valence-electron chi connectivity index (χ4n) is 5.16. The second-order valence-corrected chi connectivity index (χ2v) is 31.3. The molecule has 0 nitrogen and oxygen atoms in total. The van der Waals surface area contributed by atoms with Crippen LogP contribution in [0.15, 0.2) is 60.7 Å². The first-order valence-electron chi connectivity index (χ1n) is 9.23. The summed E-state index contributed by atoms with van der Waals surface area (Å²) in [5, 5.41) is 1.65. The minimum atomic E-state index is -1.66. The van der Waals surface area contributed by atoms with Crippen LogP contribution in [0.4, 0.5) is 0 Å². The van der Waals surface area contributed by atoms with E-state index in [1.54, 1.807) is 9.65 Å². The van der Waals surface area contributed by atoms with Gasteiger partial charge in [0.2, 0.25) is 0 Å². The van der Waals surface area contributed by atoms with E-state index in [1.165, 1.54) is 0 Å². The van der Waals surface area contributed by atoms with E-state index in [4.69, 9.17) is 0 Å². The Morgan fingerprint density at radius 1 is 0.600 bits per heavy atom. The van der Waals surface area contributed by atoms with E-state index >= 15 is 0 Å². The van der Waals surface area contributed by atoms with E-state index < -0.39 is 24.2 Å². The Labute approximate surface area is 164 Å². The Kier molecular flexibility index (Phi) is 6.12. The number of rotatable bonds is 6. The Morgan fingerprint density at radius 3 is 1.40 bits per heavy atom. The summed E-state index contributed by atoms with van der Waals surface area (Å²) in [4.78, 5) is 0. The van der Waals surface area contributed by atoms with E-state index in [0.29, 0.717) is 18.1 Å². The van der Waals surface area contributed by atoms with Crippen LogP contribution in [-0.2, 0) is 0 Å². The first-order chi connectivity index (χ1) is 11.4. The Hall–Kier alpha value is -0.390. The summed E-state index contributed by atoms with van der Waals surface area (Å²) in [7, 11) is -4.51. The van der Waals surface area contributed by atoms with E-state index in [0.717, 1.165) is 0 Å². The molecule has 0 radical (unpaired) electrons. The van der Waals surface area contributed by atoms with Crippen molar-refractivity contribution in [1.29, 1.82) is 0 Å². The summed E-state index contributed by atoms with van der Waals surface area (Å²) in [5.41, 5.74) is 0. The van der Waals surface area contributed by atoms with Gasteiger partial charge in [0.15, 0.2) is 0 Å². The molecule has 0 fully saturated rings. The summed E-state index contributed by atoms with van der Waals surface area (Å²) in [6.45, 7) is 21.2. The van der Waals surface area contributed by atoms with E-state index in [-0.39, 0.29) is 0 Å². The molecule has 0 unspecified atom stereocenters. The summed E-state index contributed by atoms with van der Waals surface area (Å²) >= 11 is 0.523. The first kappa shape index (κ1) is 20.9.